The van der Waals surface area contributed by atoms with Crippen LogP contribution in [0.15, 0.2) is 24.3 Å². The molecule has 1 aromatic carbocycles. The highest BCUT2D eigenvalue weighted by atomic mass is 15.1. The number of benzene rings is 1. The van der Waals surface area contributed by atoms with Gasteiger partial charge in [-0.05, 0) is 35.8 Å². The first-order chi connectivity index (χ1) is 10.0. The van der Waals surface area contributed by atoms with Crippen molar-refractivity contribution in [2.24, 2.45) is 5.41 Å². The molecule has 2 rings (SSSR count). The van der Waals surface area contributed by atoms with Gasteiger partial charge >= 0.3 is 0 Å². The SMILES string of the molecule is CCC(C)(CNC(C)C)CN1CCc2ccccc2CC1. The van der Waals surface area contributed by atoms with Crippen LogP contribution in [0.1, 0.15) is 45.2 Å². The van der Waals surface area contributed by atoms with Gasteiger partial charge in [-0.15, -0.1) is 0 Å². The normalized spacial score (nSPS) is 19.1. The second kappa shape index (κ2) is 7.42. The number of rotatable bonds is 6. The summed E-state index contributed by atoms with van der Waals surface area (Å²) in [5, 5.41) is 3.63. The summed E-state index contributed by atoms with van der Waals surface area (Å²) >= 11 is 0. The van der Waals surface area contributed by atoms with Gasteiger partial charge in [0.1, 0.15) is 0 Å². The lowest BCUT2D eigenvalue weighted by molar-refractivity contribution is 0.157. The Kier molecular flexibility index (Phi) is 5.83. The van der Waals surface area contributed by atoms with Gasteiger partial charge in [0, 0.05) is 32.2 Å². The zero-order valence-electron chi connectivity index (χ0n) is 14.3. The van der Waals surface area contributed by atoms with Gasteiger partial charge in [-0.1, -0.05) is 52.0 Å². The van der Waals surface area contributed by atoms with E-state index in [4.69, 9.17) is 0 Å². The summed E-state index contributed by atoms with van der Waals surface area (Å²) in [6, 6.07) is 9.54. The van der Waals surface area contributed by atoms with E-state index in [1.807, 2.05) is 0 Å². The molecule has 1 unspecified atom stereocenters. The fraction of sp³-hybridized carbons (Fsp3) is 0.684. The highest BCUT2D eigenvalue weighted by molar-refractivity contribution is 5.28. The molecule has 0 saturated carbocycles. The molecular formula is C19H32N2. The number of fused-ring (bicyclic) bond motifs is 1. The lowest BCUT2D eigenvalue weighted by Crippen LogP contribution is -2.44. The van der Waals surface area contributed by atoms with Gasteiger partial charge in [0.25, 0.3) is 0 Å². The van der Waals surface area contributed by atoms with E-state index in [0.717, 1.165) is 6.54 Å². The van der Waals surface area contributed by atoms with Crippen LogP contribution in [0.3, 0.4) is 0 Å². The van der Waals surface area contributed by atoms with E-state index in [2.05, 4.69) is 62.2 Å². The van der Waals surface area contributed by atoms with Gasteiger partial charge in [0.15, 0.2) is 0 Å². The maximum atomic E-state index is 3.63. The molecule has 0 aromatic heterocycles. The molecule has 1 aliphatic heterocycles. The molecule has 0 bridgehead atoms. The zero-order valence-corrected chi connectivity index (χ0v) is 14.3. The molecule has 21 heavy (non-hydrogen) atoms. The summed E-state index contributed by atoms with van der Waals surface area (Å²) < 4.78 is 0. The van der Waals surface area contributed by atoms with Crippen molar-refractivity contribution in [1.29, 1.82) is 0 Å². The molecule has 0 aliphatic carbocycles. The van der Waals surface area contributed by atoms with Crippen LogP contribution in [-0.4, -0.2) is 37.1 Å². The molecule has 0 amide bonds. The first kappa shape index (κ1) is 16.5. The van der Waals surface area contributed by atoms with E-state index < -0.39 is 0 Å². The van der Waals surface area contributed by atoms with Crippen molar-refractivity contribution in [3.8, 4) is 0 Å². The van der Waals surface area contributed by atoms with Crippen LogP contribution in [0, 0.1) is 5.41 Å². The predicted octanol–water partition coefficient (Wildman–Crippen LogP) is 3.50. The fourth-order valence-corrected chi connectivity index (χ4v) is 3.16. The van der Waals surface area contributed by atoms with Crippen LogP contribution in [-0.2, 0) is 12.8 Å². The van der Waals surface area contributed by atoms with Crippen LogP contribution >= 0.6 is 0 Å². The molecule has 0 saturated heterocycles. The van der Waals surface area contributed by atoms with Crippen LogP contribution in [0.4, 0.5) is 0 Å². The highest BCUT2D eigenvalue weighted by Crippen LogP contribution is 2.24. The van der Waals surface area contributed by atoms with Gasteiger partial charge in [-0.25, -0.2) is 0 Å². The summed E-state index contributed by atoms with van der Waals surface area (Å²) in [5.41, 5.74) is 3.48. The van der Waals surface area contributed by atoms with Crippen molar-refractivity contribution >= 4 is 0 Å². The van der Waals surface area contributed by atoms with E-state index in [1.54, 1.807) is 11.1 Å². The summed E-state index contributed by atoms with van der Waals surface area (Å²) in [7, 11) is 0. The van der Waals surface area contributed by atoms with Gasteiger partial charge in [0.05, 0.1) is 0 Å². The van der Waals surface area contributed by atoms with Crippen LogP contribution in [0.5, 0.6) is 0 Å². The summed E-state index contributed by atoms with van der Waals surface area (Å²) in [6.07, 6.45) is 3.64. The number of hydrogen-bond acceptors (Lipinski definition) is 2. The topological polar surface area (TPSA) is 15.3 Å². The Bertz CT molecular complexity index is 414. The minimum absolute atomic E-state index is 0.376. The van der Waals surface area contributed by atoms with Gasteiger partial charge in [0.2, 0.25) is 0 Å². The Morgan fingerprint density at radius 1 is 1.14 bits per heavy atom. The lowest BCUT2D eigenvalue weighted by Gasteiger charge is -2.35. The largest absolute Gasteiger partial charge is 0.314 e. The van der Waals surface area contributed by atoms with E-state index >= 15 is 0 Å². The van der Waals surface area contributed by atoms with Crippen molar-refractivity contribution in [1.82, 2.24) is 10.2 Å². The van der Waals surface area contributed by atoms with Crippen LogP contribution in [0.2, 0.25) is 0 Å². The summed E-state index contributed by atoms with van der Waals surface area (Å²) in [5.74, 6) is 0. The van der Waals surface area contributed by atoms with Crippen LogP contribution in [0.25, 0.3) is 0 Å². The number of hydrogen-bond donors (Lipinski definition) is 1. The quantitative estimate of drug-likeness (QED) is 0.862. The Balaban J connectivity index is 1.94. The minimum Gasteiger partial charge on any atom is -0.314 e. The van der Waals surface area contributed by atoms with E-state index in [-0.39, 0.29) is 0 Å². The average molecular weight is 288 g/mol. The average Bonchev–Trinajstić information content (AvgIpc) is 2.68. The third-order valence-corrected chi connectivity index (χ3v) is 4.91. The molecule has 1 atom stereocenters. The van der Waals surface area contributed by atoms with Crippen molar-refractivity contribution < 1.29 is 0 Å². The van der Waals surface area contributed by atoms with Gasteiger partial charge in [-0.2, -0.15) is 0 Å². The third kappa shape index (κ3) is 4.82. The molecule has 0 fully saturated rings. The van der Waals surface area contributed by atoms with Crippen molar-refractivity contribution in [3.05, 3.63) is 35.4 Å². The van der Waals surface area contributed by atoms with Crippen molar-refractivity contribution in [2.75, 3.05) is 26.2 Å². The first-order valence-electron chi connectivity index (χ1n) is 8.55. The van der Waals surface area contributed by atoms with Crippen molar-refractivity contribution in [3.63, 3.8) is 0 Å². The van der Waals surface area contributed by atoms with E-state index in [1.165, 1.54) is 38.9 Å². The maximum Gasteiger partial charge on any atom is 0.00476 e. The second-order valence-electron chi connectivity index (χ2n) is 7.24. The summed E-state index contributed by atoms with van der Waals surface area (Å²) in [4.78, 5) is 2.67. The Morgan fingerprint density at radius 3 is 2.19 bits per heavy atom. The van der Waals surface area contributed by atoms with Gasteiger partial charge in [-0.3, -0.25) is 0 Å². The van der Waals surface area contributed by atoms with Crippen molar-refractivity contribution in [2.45, 2.75) is 53.0 Å². The Hall–Kier alpha value is -0.860. The molecule has 1 aromatic rings. The number of nitrogens with one attached hydrogen (secondary N) is 1. The van der Waals surface area contributed by atoms with E-state index in [9.17, 15) is 0 Å². The Labute approximate surface area is 130 Å². The fourth-order valence-electron chi connectivity index (χ4n) is 3.16. The lowest BCUT2D eigenvalue weighted by atomic mass is 9.86. The van der Waals surface area contributed by atoms with Crippen LogP contribution < -0.4 is 5.32 Å². The molecule has 0 radical (unpaired) electrons. The molecule has 1 aliphatic rings. The van der Waals surface area contributed by atoms with E-state index in [0.29, 0.717) is 11.5 Å². The predicted molar refractivity (Wildman–Crippen MR) is 91.8 cm³/mol. The molecule has 1 N–H and O–H groups in total. The molecule has 2 heteroatoms. The second-order valence-corrected chi connectivity index (χ2v) is 7.24. The van der Waals surface area contributed by atoms with Gasteiger partial charge < -0.3 is 10.2 Å². The number of nitrogens with zero attached hydrogens (tertiary/aromatic N) is 1. The molecule has 2 nitrogen and oxygen atoms in total. The molecule has 1 heterocycles. The maximum absolute atomic E-state index is 3.63. The standard InChI is InChI=1S/C19H32N2/c1-5-19(4,14-20-16(2)3)15-21-12-10-17-8-6-7-9-18(17)11-13-21/h6-9,16,20H,5,10-15H2,1-4H3. The summed E-state index contributed by atoms with van der Waals surface area (Å²) in [6.45, 7) is 14.0. The smallest absolute Gasteiger partial charge is 0.00476 e. The first-order valence-corrected chi connectivity index (χ1v) is 8.55. The molecule has 118 valence electrons. The molecule has 0 spiro atoms. The minimum atomic E-state index is 0.376. The monoisotopic (exact) mass is 288 g/mol. The Morgan fingerprint density at radius 2 is 1.71 bits per heavy atom. The highest BCUT2D eigenvalue weighted by Gasteiger charge is 2.26. The third-order valence-electron chi connectivity index (χ3n) is 4.91. The zero-order chi connectivity index (χ0) is 15.3. The molecular weight excluding hydrogens is 256 g/mol.